The molecule has 0 fully saturated rings. The molecule has 0 aromatic heterocycles. The molecular weight excluding hydrogens is 174 g/mol. The third-order valence-corrected chi connectivity index (χ3v) is 1.93. The van der Waals surface area contributed by atoms with Crippen LogP contribution in [0.3, 0.4) is 0 Å². The van der Waals surface area contributed by atoms with E-state index >= 15 is 0 Å². The van der Waals surface area contributed by atoms with Crippen LogP contribution in [-0.2, 0) is 10.0 Å². The minimum atomic E-state index is -3.32. The quantitative estimate of drug-likeness (QED) is 0.504. The zero-order valence-electron chi connectivity index (χ0n) is 7.07. The first kappa shape index (κ1) is 11.4. The van der Waals surface area contributed by atoms with Gasteiger partial charge in [0.15, 0.2) is 0 Å². The molecule has 0 bridgehead atoms. The molecule has 70 valence electrons. The fourth-order valence-electron chi connectivity index (χ4n) is 0.700. The summed E-state index contributed by atoms with van der Waals surface area (Å²) < 4.78 is 20.9. The first-order chi connectivity index (χ1) is 5.56. The van der Waals surface area contributed by atoms with Crippen molar-refractivity contribution in [2.45, 2.75) is 19.3 Å². The van der Waals surface area contributed by atoms with Crippen LogP contribution in [-0.4, -0.2) is 14.2 Å². The molecule has 0 rings (SSSR count). The highest BCUT2D eigenvalue weighted by atomic mass is 32.2. The molecule has 0 aliphatic heterocycles. The van der Waals surface area contributed by atoms with Gasteiger partial charge >= 0.3 is 0 Å². The van der Waals surface area contributed by atoms with Gasteiger partial charge in [0.1, 0.15) is 0 Å². The molecule has 0 saturated heterocycles. The summed E-state index contributed by atoms with van der Waals surface area (Å²) in [4.78, 5) is 0. The summed E-state index contributed by atoms with van der Waals surface area (Å²) in [7, 11) is -3.32. The van der Waals surface area contributed by atoms with Crippen LogP contribution in [0.4, 0.5) is 0 Å². The molecule has 0 aromatic carbocycles. The van der Waals surface area contributed by atoms with Gasteiger partial charge in [-0.15, -0.1) is 6.58 Å². The number of nitrogens with two attached hydrogens (primary N) is 1. The molecule has 0 atom stereocenters. The van der Waals surface area contributed by atoms with E-state index in [1.807, 2.05) is 12.2 Å². The van der Waals surface area contributed by atoms with E-state index in [1.165, 1.54) is 0 Å². The lowest BCUT2D eigenvalue weighted by molar-refractivity contribution is 0.600. The molecule has 0 aliphatic rings. The lowest BCUT2D eigenvalue weighted by Crippen LogP contribution is -2.14. The molecule has 4 heteroatoms. The Morgan fingerprint density at radius 3 is 2.42 bits per heavy atom. The second-order valence-electron chi connectivity index (χ2n) is 2.52. The zero-order chi connectivity index (χ0) is 9.45. The Morgan fingerprint density at radius 2 is 1.92 bits per heavy atom. The second kappa shape index (κ2) is 5.97. The van der Waals surface area contributed by atoms with Crippen molar-refractivity contribution < 1.29 is 8.42 Å². The smallest absolute Gasteiger partial charge is 0.212 e. The monoisotopic (exact) mass is 189 g/mol. The van der Waals surface area contributed by atoms with Crippen molar-refractivity contribution in [3.8, 4) is 0 Å². The summed E-state index contributed by atoms with van der Waals surface area (Å²) in [6, 6.07) is 0. The van der Waals surface area contributed by atoms with Crippen molar-refractivity contribution >= 4 is 10.0 Å². The predicted octanol–water partition coefficient (Wildman–Crippen LogP) is 1.19. The predicted molar refractivity (Wildman–Crippen MR) is 51.2 cm³/mol. The number of sulfonamides is 1. The SMILES string of the molecule is C=CCCCC=CCS(N)(=O)=O. The van der Waals surface area contributed by atoms with E-state index in [4.69, 9.17) is 5.14 Å². The van der Waals surface area contributed by atoms with Crippen molar-refractivity contribution in [3.05, 3.63) is 24.8 Å². The molecule has 0 unspecified atom stereocenters. The summed E-state index contributed by atoms with van der Waals surface area (Å²) in [6.07, 6.45) is 8.09. The Morgan fingerprint density at radius 1 is 1.25 bits per heavy atom. The Balaban J connectivity index is 3.45. The van der Waals surface area contributed by atoms with Gasteiger partial charge in [0.2, 0.25) is 10.0 Å². The molecule has 0 radical (unpaired) electrons. The fourth-order valence-corrected chi connectivity index (χ4v) is 1.10. The summed E-state index contributed by atoms with van der Waals surface area (Å²) >= 11 is 0. The molecular formula is C8H15NO2S. The van der Waals surface area contributed by atoms with Gasteiger partial charge in [0.05, 0.1) is 5.75 Å². The van der Waals surface area contributed by atoms with Crippen molar-refractivity contribution in [2.24, 2.45) is 5.14 Å². The number of allylic oxidation sites excluding steroid dienone is 2. The van der Waals surface area contributed by atoms with Crippen molar-refractivity contribution in [2.75, 3.05) is 5.75 Å². The average Bonchev–Trinajstić information content (AvgIpc) is 1.94. The maximum atomic E-state index is 10.4. The third kappa shape index (κ3) is 9.39. The average molecular weight is 189 g/mol. The molecule has 0 spiro atoms. The Bertz CT molecular complexity index is 242. The van der Waals surface area contributed by atoms with E-state index in [-0.39, 0.29) is 5.75 Å². The third-order valence-electron chi connectivity index (χ3n) is 1.27. The molecule has 0 aromatic rings. The van der Waals surface area contributed by atoms with Crippen LogP contribution in [0.25, 0.3) is 0 Å². The van der Waals surface area contributed by atoms with Gasteiger partial charge in [-0.2, -0.15) is 0 Å². The zero-order valence-corrected chi connectivity index (χ0v) is 7.89. The van der Waals surface area contributed by atoms with E-state index in [9.17, 15) is 8.42 Å². The number of unbranched alkanes of at least 4 members (excludes halogenated alkanes) is 2. The van der Waals surface area contributed by atoms with E-state index in [0.29, 0.717) is 0 Å². The number of hydrogen-bond donors (Lipinski definition) is 1. The molecule has 0 aliphatic carbocycles. The summed E-state index contributed by atoms with van der Waals surface area (Å²) in [5.41, 5.74) is 0. The number of hydrogen-bond acceptors (Lipinski definition) is 2. The highest BCUT2D eigenvalue weighted by molar-refractivity contribution is 7.89. The summed E-state index contributed by atoms with van der Waals surface area (Å²) in [5.74, 6) is -0.0684. The number of primary sulfonamides is 1. The Labute approximate surface area is 74.0 Å². The van der Waals surface area contributed by atoms with Gasteiger partial charge in [0.25, 0.3) is 0 Å². The standard InChI is InChI=1S/C8H15NO2S/c1-2-3-4-5-6-7-8-12(9,10)11/h2,6-7H,1,3-5,8H2,(H2,9,10,11). The topological polar surface area (TPSA) is 60.2 Å². The lowest BCUT2D eigenvalue weighted by atomic mass is 10.2. The van der Waals surface area contributed by atoms with E-state index in [2.05, 4.69) is 6.58 Å². The second-order valence-corrected chi connectivity index (χ2v) is 4.18. The lowest BCUT2D eigenvalue weighted by Gasteiger charge is -1.90. The highest BCUT2D eigenvalue weighted by Gasteiger charge is 1.95. The van der Waals surface area contributed by atoms with Crippen LogP contribution in [0.15, 0.2) is 24.8 Å². The van der Waals surface area contributed by atoms with Crippen LogP contribution in [0.2, 0.25) is 0 Å². The largest absolute Gasteiger partial charge is 0.228 e. The molecule has 3 nitrogen and oxygen atoms in total. The maximum Gasteiger partial charge on any atom is 0.212 e. The normalized spacial score (nSPS) is 12.1. The molecule has 12 heavy (non-hydrogen) atoms. The minimum Gasteiger partial charge on any atom is -0.228 e. The van der Waals surface area contributed by atoms with Gasteiger partial charge in [-0.25, -0.2) is 13.6 Å². The molecule has 0 heterocycles. The first-order valence-electron chi connectivity index (χ1n) is 3.82. The van der Waals surface area contributed by atoms with E-state index < -0.39 is 10.0 Å². The fraction of sp³-hybridized carbons (Fsp3) is 0.500. The van der Waals surface area contributed by atoms with Crippen LogP contribution < -0.4 is 5.14 Å². The molecule has 0 amide bonds. The van der Waals surface area contributed by atoms with Crippen LogP contribution >= 0.6 is 0 Å². The summed E-state index contributed by atoms with van der Waals surface area (Å²) in [6.45, 7) is 3.58. The minimum absolute atomic E-state index is 0.0684. The van der Waals surface area contributed by atoms with E-state index in [1.54, 1.807) is 6.08 Å². The first-order valence-corrected chi connectivity index (χ1v) is 5.54. The van der Waals surface area contributed by atoms with E-state index in [0.717, 1.165) is 19.3 Å². The van der Waals surface area contributed by atoms with Gasteiger partial charge < -0.3 is 0 Å². The van der Waals surface area contributed by atoms with Crippen LogP contribution in [0.1, 0.15) is 19.3 Å². The Kier molecular flexibility index (Phi) is 5.66. The van der Waals surface area contributed by atoms with Gasteiger partial charge in [-0.1, -0.05) is 18.2 Å². The Hall–Kier alpha value is -0.610. The van der Waals surface area contributed by atoms with Crippen molar-refractivity contribution in [3.63, 3.8) is 0 Å². The van der Waals surface area contributed by atoms with Crippen LogP contribution in [0, 0.1) is 0 Å². The molecule has 2 N–H and O–H groups in total. The van der Waals surface area contributed by atoms with Gasteiger partial charge in [-0.3, -0.25) is 0 Å². The van der Waals surface area contributed by atoms with Gasteiger partial charge in [0, 0.05) is 0 Å². The summed E-state index contributed by atoms with van der Waals surface area (Å²) in [5, 5.41) is 4.78. The molecule has 0 saturated carbocycles. The highest BCUT2D eigenvalue weighted by Crippen LogP contribution is 1.96. The number of rotatable bonds is 6. The maximum absolute atomic E-state index is 10.4. The van der Waals surface area contributed by atoms with Crippen LogP contribution in [0.5, 0.6) is 0 Å². The van der Waals surface area contributed by atoms with Crippen molar-refractivity contribution in [1.29, 1.82) is 0 Å². The van der Waals surface area contributed by atoms with Gasteiger partial charge in [-0.05, 0) is 19.3 Å². The van der Waals surface area contributed by atoms with Crippen molar-refractivity contribution in [1.82, 2.24) is 0 Å².